The van der Waals surface area contributed by atoms with E-state index in [1.807, 2.05) is 39.8 Å². The summed E-state index contributed by atoms with van der Waals surface area (Å²) in [6.45, 7) is 7.60. The fraction of sp³-hybridized carbons (Fsp3) is 0.667. The first-order chi connectivity index (χ1) is 22.8. The number of halogens is 1. The lowest BCUT2D eigenvalue weighted by Crippen LogP contribution is -2.59. The molecule has 2 heterocycles. The van der Waals surface area contributed by atoms with Crippen LogP contribution in [-0.2, 0) is 28.8 Å². The van der Waals surface area contributed by atoms with Gasteiger partial charge < -0.3 is 25.7 Å². The number of rotatable bonds is 11. The van der Waals surface area contributed by atoms with Crippen LogP contribution < -0.4 is 16.0 Å². The van der Waals surface area contributed by atoms with Gasteiger partial charge in [0.2, 0.25) is 23.5 Å². The average Bonchev–Trinajstić information content (AvgIpc) is 3.63. The number of benzene rings is 1. The van der Waals surface area contributed by atoms with Crippen LogP contribution in [0.5, 0.6) is 0 Å². The largest absolute Gasteiger partial charge is 0.387 e. The number of likely N-dealkylation sites (N-methyl/N-ethyl adjacent to an activating group) is 1. The molecule has 11 nitrogen and oxygen atoms in total. The molecule has 2 aliphatic heterocycles. The molecule has 2 aliphatic carbocycles. The molecule has 6 atom stereocenters. The fourth-order valence-electron chi connectivity index (χ4n) is 7.72. The van der Waals surface area contributed by atoms with Crippen molar-refractivity contribution in [1.29, 1.82) is 0 Å². The summed E-state index contributed by atoms with van der Waals surface area (Å²) >= 11 is 6.24. The highest BCUT2D eigenvalue weighted by Gasteiger charge is 2.56. The number of hydrogen-bond acceptors (Lipinski definition) is 7. The van der Waals surface area contributed by atoms with E-state index < -0.39 is 52.6 Å². The van der Waals surface area contributed by atoms with Crippen LogP contribution in [0.1, 0.15) is 97.5 Å². The number of ketones is 1. The Bertz CT molecular complexity index is 1450. The highest BCUT2D eigenvalue weighted by Crippen LogP contribution is 2.49. The number of nitrogens with one attached hydrogen (secondary N) is 3. The number of nitrogens with zero attached hydrogens (tertiary/aromatic N) is 2. The Morgan fingerprint density at radius 2 is 1.81 bits per heavy atom. The molecule has 1 spiro atoms. The Balaban J connectivity index is 1.38. The minimum Gasteiger partial charge on any atom is -0.387 e. The molecule has 1 saturated heterocycles. The lowest BCUT2D eigenvalue weighted by molar-refractivity contribution is -0.145. The van der Waals surface area contributed by atoms with Gasteiger partial charge in [-0.1, -0.05) is 95.1 Å². The fourth-order valence-corrected chi connectivity index (χ4v) is 7.91. The maximum Gasteiger partial charge on any atom is 0.289 e. The molecule has 0 aromatic heterocycles. The van der Waals surface area contributed by atoms with Gasteiger partial charge in [-0.2, -0.15) is 0 Å². The molecule has 3 fully saturated rings. The zero-order valence-corrected chi connectivity index (χ0v) is 29.5. The van der Waals surface area contributed by atoms with Gasteiger partial charge in [-0.05, 0) is 42.2 Å². The van der Waals surface area contributed by atoms with Crippen molar-refractivity contribution < 1.29 is 28.8 Å². The number of carbonyl (C=O) groups excluding carboxylic acids is 5. The maximum atomic E-state index is 14.6. The summed E-state index contributed by atoms with van der Waals surface area (Å²) in [6.07, 6.45) is 8.06. The molecule has 1 aromatic rings. The Kier molecular flexibility index (Phi) is 10.9. The van der Waals surface area contributed by atoms with Crippen LogP contribution in [-0.4, -0.2) is 77.3 Å². The van der Waals surface area contributed by atoms with Gasteiger partial charge in [0.25, 0.3) is 5.91 Å². The lowest BCUT2D eigenvalue weighted by Gasteiger charge is -2.36. The smallest absolute Gasteiger partial charge is 0.289 e. The zero-order chi connectivity index (χ0) is 34.8. The van der Waals surface area contributed by atoms with E-state index in [2.05, 4.69) is 21.1 Å². The summed E-state index contributed by atoms with van der Waals surface area (Å²) in [7, 11) is 1.36. The van der Waals surface area contributed by atoms with E-state index in [-0.39, 0.29) is 31.2 Å². The second-order valence-corrected chi connectivity index (χ2v) is 15.6. The van der Waals surface area contributed by atoms with Crippen molar-refractivity contribution in [1.82, 2.24) is 20.9 Å². The molecule has 5 rings (SSSR count). The monoisotopic (exact) mass is 683 g/mol. The minimum absolute atomic E-state index is 0.0515. The first kappa shape index (κ1) is 35.8. The minimum atomic E-state index is -1.05. The highest BCUT2D eigenvalue weighted by atomic mass is 35.5. The predicted molar refractivity (Wildman–Crippen MR) is 182 cm³/mol. The summed E-state index contributed by atoms with van der Waals surface area (Å²) in [5, 5.41) is 13.1. The SMILES string of the molecule is CCC[C@H](NC(=O)[C@@H]1C[C@]2(CC(c3cccc(Cl)c3)=NO2)CN1C(=O)[C@@H](NC(=O)[C@H]1C[C@H]1C1CCCCC1)C(C)(C)C)C(=O)C(=O)NC. The summed E-state index contributed by atoms with van der Waals surface area (Å²) in [5.74, 6) is -1.81. The number of likely N-dealkylation sites (tertiary alicyclic amines) is 1. The van der Waals surface area contributed by atoms with Crippen LogP contribution in [0.3, 0.4) is 0 Å². The van der Waals surface area contributed by atoms with Crippen molar-refractivity contribution in [2.45, 2.75) is 116 Å². The van der Waals surface area contributed by atoms with E-state index in [0.717, 1.165) is 24.8 Å². The molecule has 262 valence electrons. The van der Waals surface area contributed by atoms with Gasteiger partial charge >= 0.3 is 0 Å². The average molecular weight is 684 g/mol. The van der Waals surface area contributed by atoms with Crippen LogP contribution in [0.15, 0.2) is 29.4 Å². The third-order valence-corrected chi connectivity index (χ3v) is 10.7. The molecule has 2 saturated carbocycles. The molecular weight excluding hydrogens is 634 g/mol. The third kappa shape index (κ3) is 7.87. The second kappa shape index (κ2) is 14.6. The topological polar surface area (TPSA) is 146 Å². The molecule has 0 radical (unpaired) electrons. The van der Waals surface area contributed by atoms with Crippen molar-refractivity contribution in [2.75, 3.05) is 13.6 Å². The maximum absolute atomic E-state index is 14.6. The van der Waals surface area contributed by atoms with Gasteiger partial charge in [-0.3, -0.25) is 24.0 Å². The Morgan fingerprint density at radius 3 is 2.46 bits per heavy atom. The van der Waals surface area contributed by atoms with Crippen LogP contribution in [0.25, 0.3) is 0 Å². The molecule has 4 aliphatic rings. The van der Waals surface area contributed by atoms with Crippen molar-refractivity contribution in [3.8, 4) is 0 Å². The van der Waals surface area contributed by atoms with Crippen LogP contribution in [0.2, 0.25) is 5.02 Å². The van der Waals surface area contributed by atoms with Crippen LogP contribution >= 0.6 is 11.6 Å². The highest BCUT2D eigenvalue weighted by molar-refractivity contribution is 6.38. The number of amides is 4. The van der Waals surface area contributed by atoms with Gasteiger partial charge in [0, 0.05) is 36.4 Å². The molecule has 4 amide bonds. The van der Waals surface area contributed by atoms with E-state index in [4.69, 9.17) is 16.4 Å². The molecule has 12 heteroatoms. The summed E-state index contributed by atoms with van der Waals surface area (Å²) in [5.41, 5.74) is -0.249. The van der Waals surface area contributed by atoms with Gasteiger partial charge in [0.15, 0.2) is 5.60 Å². The van der Waals surface area contributed by atoms with Gasteiger partial charge in [0.1, 0.15) is 12.1 Å². The van der Waals surface area contributed by atoms with Gasteiger partial charge in [-0.25, -0.2) is 0 Å². The van der Waals surface area contributed by atoms with E-state index in [1.54, 1.807) is 12.1 Å². The van der Waals surface area contributed by atoms with Crippen molar-refractivity contribution in [3.63, 3.8) is 0 Å². The van der Waals surface area contributed by atoms with E-state index in [1.165, 1.54) is 31.2 Å². The molecule has 0 unspecified atom stereocenters. The molecular formula is C36H50ClN5O6. The van der Waals surface area contributed by atoms with Crippen molar-refractivity contribution in [2.24, 2.45) is 28.3 Å². The molecule has 48 heavy (non-hydrogen) atoms. The summed E-state index contributed by atoms with van der Waals surface area (Å²) < 4.78 is 0. The number of hydrogen-bond donors (Lipinski definition) is 3. The number of oxime groups is 1. The van der Waals surface area contributed by atoms with Gasteiger partial charge in [-0.15, -0.1) is 0 Å². The van der Waals surface area contributed by atoms with Crippen LogP contribution in [0.4, 0.5) is 0 Å². The second-order valence-electron chi connectivity index (χ2n) is 15.2. The van der Waals surface area contributed by atoms with E-state index in [9.17, 15) is 24.0 Å². The molecule has 0 bridgehead atoms. The Labute approximate surface area is 288 Å². The Morgan fingerprint density at radius 1 is 1.08 bits per heavy atom. The third-order valence-electron chi connectivity index (χ3n) is 10.5. The van der Waals surface area contributed by atoms with Crippen molar-refractivity contribution >= 4 is 46.7 Å². The zero-order valence-electron chi connectivity index (χ0n) is 28.8. The first-order valence-electron chi connectivity index (χ1n) is 17.4. The number of carbonyl (C=O) groups is 5. The Hall–Kier alpha value is -3.47. The summed E-state index contributed by atoms with van der Waals surface area (Å²) in [6, 6.07) is 4.26. The molecule has 1 aromatic carbocycles. The predicted octanol–water partition coefficient (Wildman–Crippen LogP) is 4.15. The first-order valence-corrected chi connectivity index (χ1v) is 17.8. The van der Waals surface area contributed by atoms with Gasteiger partial charge in [0.05, 0.1) is 18.3 Å². The van der Waals surface area contributed by atoms with E-state index in [0.29, 0.717) is 35.4 Å². The molecule has 3 N–H and O–H groups in total. The van der Waals surface area contributed by atoms with Crippen molar-refractivity contribution in [3.05, 3.63) is 34.9 Å². The number of Topliss-reactive ketones (excluding diaryl/α,β-unsaturated/α-hetero) is 1. The van der Waals surface area contributed by atoms with E-state index >= 15 is 0 Å². The summed E-state index contributed by atoms with van der Waals surface area (Å²) in [4.78, 5) is 74.9. The normalized spacial score (nSPS) is 26.7. The standard InChI is InChI=1S/C36H50ClN5O6/c1-6-11-26(29(43)33(46)38-5)39-32(45)28-19-36(18-27(41-48-36)22-14-10-15-23(37)16-22)20-42(28)34(47)30(35(2,3)4)40-31(44)25-17-24(25)21-12-8-7-9-13-21/h10,14-16,21,24-26,28,30H,6-9,11-13,17-20H2,1-5H3,(H,38,46)(H,39,45)(H,40,44)/t24-,25-,26-,28-,30+,36+/m0/s1. The quantitative estimate of drug-likeness (QED) is 0.299. The van der Waals surface area contributed by atoms with Crippen LogP contribution in [0, 0.1) is 23.2 Å². The lowest BCUT2D eigenvalue weighted by atomic mass is 9.84.